The molecule has 3 unspecified atom stereocenters. The highest BCUT2D eigenvalue weighted by atomic mass is 16.1. The van der Waals surface area contributed by atoms with E-state index in [4.69, 9.17) is 0 Å². The first kappa shape index (κ1) is 8.98. The molecule has 16 heavy (non-hydrogen) atoms. The lowest BCUT2D eigenvalue weighted by molar-refractivity contribution is 0.0892. The van der Waals surface area contributed by atoms with Crippen LogP contribution >= 0.6 is 0 Å². The summed E-state index contributed by atoms with van der Waals surface area (Å²) in [6.45, 7) is 2.07. The normalized spacial score (nSPS) is 42.4. The maximum atomic E-state index is 12.4. The number of carbonyl (C=O) groups excluding carboxylic acids is 1. The van der Waals surface area contributed by atoms with Crippen molar-refractivity contribution in [3.8, 4) is 0 Å². The first-order valence-corrected chi connectivity index (χ1v) is 6.36. The molecule has 0 aliphatic heterocycles. The number of aryl methyl sites for hydroxylation is 1. The lowest BCUT2D eigenvalue weighted by atomic mass is 9.89. The van der Waals surface area contributed by atoms with Crippen molar-refractivity contribution in [3.63, 3.8) is 0 Å². The van der Waals surface area contributed by atoms with Crippen molar-refractivity contribution in [2.24, 2.45) is 29.6 Å². The second-order valence-corrected chi connectivity index (χ2v) is 5.89. The Morgan fingerprint density at radius 2 is 1.75 bits per heavy atom. The third-order valence-corrected chi connectivity index (χ3v) is 5.11. The van der Waals surface area contributed by atoms with Gasteiger partial charge in [-0.15, -0.1) is 0 Å². The summed E-state index contributed by atoms with van der Waals surface area (Å²) in [5.74, 6) is 4.19. The van der Waals surface area contributed by atoms with Gasteiger partial charge in [-0.25, -0.2) is 0 Å². The predicted molar refractivity (Wildman–Crippen MR) is 62.2 cm³/mol. The van der Waals surface area contributed by atoms with Gasteiger partial charge >= 0.3 is 0 Å². The first-order valence-electron chi connectivity index (χ1n) is 6.36. The van der Waals surface area contributed by atoms with Gasteiger partial charge in [-0.2, -0.15) is 0 Å². The van der Waals surface area contributed by atoms with E-state index >= 15 is 0 Å². The van der Waals surface area contributed by atoms with Crippen LogP contribution in [0.15, 0.2) is 24.3 Å². The molecule has 1 aromatic rings. The van der Waals surface area contributed by atoms with Crippen LogP contribution in [-0.4, -0.2) is 5.78 Å². The lowest BCUT2D eigenvalue weighted by Crippen LogP contribution is -2.18. The van der Waals surface area contributed by atoms with Crippen LogP contribution in [0.5, 0.6) is 0 Å². The molecule has 0 radical (unpaired) electrons. The molecule has 0 saturated heterocycles. The molecule has 4 aliphatic rings. The molecule has 0 amide bonds. The maximum Gasteiger partial charge on any atom is 0.166 e. The van der Waals surface area contributed by atoms with Crippen molar-refractivity contribution in [1.82, 2.24) is 0 Å². The van der Waals surface area contributed by atoms with Gasteiger partial charge in [0.15, 0.2) is 5.78 Å². The van der Waals surface area contributed by atoms with Crippen molar-refractivity contribution in [2.45, 2.75) is 19.8 Å². The summed E-state index contributed by atoms with van der Waals surface area (Å²) in [7, 11) is 0. The van der Waals surface area contributed by atoms with Gasteiger partial charge in [-0.05, 0) is 43.4 Å². The highest BCUT2D eigenvalue weighted by molar-refractivity contribution is 5.99. The van der Waals surface area contributed by atoms with Crippen LogP contribution < -0.4 is 0 Å². The number of hydrogen-bond donors (Lipinski definition) is 0. The minimum atomic E-state index is 0.387. The van der Waals surface area contributed by atoms with Gasteiger partial charge in [-0.3, -0.25) is 4.79 Å². The summed E-state index contributed by atoms with van der Waals surface area (Å²) in [4.78, 5) is 12.4. The quantitative estimate of drug-likeness (QED) is 0.688. The number of ketones is 1. The molecule has 4 aliphatic carbocycles. The van der Waals surface area contributed by atoms with Crippen molar-refractivity contribution in [2.75, 3.05) is 0 Å². The average molecular weight is 212 g/mol. The minimum absolute atomic E-state index is 0.387. The van der Waals surface area contributed by atoms with E-state index < -0.39 is 0 Å². The van der Waals surface area contributed by atoms with Gasteiger partial charge in [0.2, 0.25) is 0 Å². The second kappa shape index (κ2) is 2.77. The summed E-state index contributed by atoms with van der Waals surface area (Å²) in [5, 5.41) is 0. The second-order valence-electron chi connectivity index (χ2n) is 5.89. The standard InChI is InChI=1S/C15H16O/c1-8-2-4-9(5-3-8)15(16)13-10-6-11-12(7-10)14(11)13/h2-5,10-14H,6-7H2,1H3. The zero-order valence-corrected chi connectivity index (χ0v) is 9.52. The van der Waals surface area contributed by atoms with Gasteiger partial charge < -0.3 is 0 Å². The molecule has 0 spiro atoms. The smallest absolute Gasteiger partial charge is 0.166 e. The fraction of sp³-hybridized carbons (Fsp3) is 0.533. The van der Waals surface area contributed by atoms with Crippen LogP contribution in [0.1, 0.15) is 28.8 Å². The molecule has 1 heteroatoms. The topological polar surface area (TPSA) is 17.1 Å². The third kappa shape index (κ3) is 0.991. The molecule has 1 aromatic carbocycles. The van der Waals surface area contributed by atoms with Crippen LogP contribution in [0.3, 0.4) is 0 Å². The third-order valence-electron chi connectivity index (χ3n) is 5.11. The molecular weight excluding hydrogens is 196 g/mol. The highest BCUT2D eigenvalue weighted by Crippen LogP contribution is 2.73. The molecule has 82 valence electrons. The minimum Gasteiger partial charge on any atom is -0.294 e. The van der Waals surface area contributed by atoms with Crippen molar-refractivity contribution in [3.05, 3.63) is 35.4 Å². The van der Waals surface area contributed by atoms with Crippen molar-refractivity contribution < 1.29 is 4.79 Å². The van der Waals surface area contributed by atoms with Gasteiger partial charge in [0.25, 0.3) is 0 Å². The molecule has 4 saturated carbocycles. The zero-order valence-electron chi connectivity index (χ0n) is 9.52. The number of benzene rings is 1. The number of hydrogen-bond acceptors (Lipinski definition) is 1. The van der Waals surface area contributed by atoms with E-state index in [9.17, 15) is 4.79 Å². The fourth-order valence-corrected chi connectivity index (χ4v) is 4.37. The van der Waals surface area contributed by atoms with Crippen LogP contribution in [-0.2, 0) is 0 Å². The molecule has 5 rings (SSSR count). The van der Waals surface area contributed by atoms with E-state index in [1.54, 1.807) is 0 Å². The Morgan fingerprint density at radius 1 is 1.12 bits per heavy atom. The Labute approximate surface area is 95.9 Å². The molecule has 0 heterocycles. The Kier molecular flexibility index (Phi) is 1.55. The summed E-state index contributed by atoms with van der Waals surface area (Å²) < 4.78 is 0. The molecule has 4 fully saturated rings. The zero-order chi connectivity index (χ0) is 10.9. The van der Waals surface area contributed by atoms with E-state index in [1.807, 2.05) is 12.1 Å². The van der Waals surface area contributed by atoms with Gasteiger partial charge in [0, 0.05) is 11.5 Å². The Hall–Kier alpha value is -1.11. The summed E-state index contributed by atoms with van der Waals surface area (Å²) in [5.41, 5.74) is 2.17. The van der Waals surface area contributed by atoms with Gasteiger partial charge in [0.1, 0.15) is 0 Å². The van der Waals surface area contributed by atoms with Crippen LogP contribution in [0.25, 0.3) is 0 Å². The monoisotopic (exact) mass is 212 g/mol. The number of Topliss-reactive ketones (excluding diaryl/α,β-unsaturated/α-hetero) is 1. The fourth-order valence-electron chi connectivity index (χ4n) is 4.37. The van der Waals surface area contributed by atoms with Crippen molar-refractivity contribution in [1.29, 1.82) is 0 Å². The Morgan fingerprint density at radius 3 is 2.25 bits per heavy atom. The van der Waals surface area contributed by atoms with Crippen LogP contribution in [0.2, 0.25) is 0 Å². The van der Waals surface area contributed by atoms with E-state index in [0.717, 1.165) is 29.2 Å². The molecular formula is C15H16O. The molecule has 3 atom stereocenters. The molecule has 1 nitrogen and oxygen atoms in total. The largest absolute Gasteiger partial charge is 0.294 e. The summed E-state index contributed by atoms with van der Waals surface area (Å²) >= 11 is 0. The van der Waals surface area contributed by atoms with E-state index in [1.165, 1.54) is 18.4 Å². The van der Waals surface area contributed by atoms with Crippen LogP contribution in [0, 0.1) is 36.5 Å². The predicted octanol–water partition coefficient (Wildman–Crippen LogP) is 3.08. The van der Waals surface area contributed by atoms with E-state index in [2.05, 4.69) is 19.1 Å². The van der Waals surface area contributed by atoms with Crippen molar-refractivity contribution >= 4 is 5.78 Å². The average Bonchev–Trinajstić information content (AvgIpc) is 2.74. The lowest BCUT2D eigenvalue weighted by Gasteiger charge is -2.13. The van der Waals surface area contributed by atoms with E-state index in [-0.39, 0.29) is 0 Å². The maximum absolute atomic E-state index is 12.4. The van der Waals surface area contributed by atoms with E-state index in [0.29, 0.717) is 11.7 Å². The Balaban J connectivity index is 1.65. The summed E-state index contributed by atoms with van der Waals surface area (Å²) in [6.07, 6.45) is 2.69. The van der Waals surface area contributed by atoms with Gasteiger partial charge in [0.05, 0.1) is 0 Å². The summed E-state index contributed by atoms with van der Waals surface area (Å²) in [6, 6.07) is 8.11. The van der Waals surface area contributed by atoms with Crippen LogP contribution in [0.4, 0.5) is 0 Å². The Bertz CT molecular complexity index is 445. The first-order chi connectivity index (χ1) is 7.75. The number of rotatable bonds is 2. The SMILES string of the molecule is Cc1ccc(C(=O)C2C3CC4C(C3)C42)cc1. The highest BCUT2D eigenvalue weighted by Gasteiger charge is 2.69. The molecule has 0 N–H and O–H groups in total. The molecule has 4 bridgehead atoms. The number of carbonyl (C=O) groups is 1. The van der Waals surface area contributed by atoms with Gasteiger partial charge in [-0.1, -0.05) is 29.8 Å². The molecule has 0 aromatic heterocycles.